The van der Waals surface area contributed by atoms with Gasteiger partial charge in [0, 0.05) is 18.8 Å². The smallest absolute Gasteiger partial charge is 0.275 e. The maximum Gasteiger partial charge on any atom is 0.275 e. The van der Waals surface area contributed by atoms with Crippen molar-refractivity contribution in [1.82, 2.24) is 34.5 Å². The first-order valence-corrected chi connectivity index (χ1v) is 7.21. The van der Waals surface area contributed by atoms with Crippen LogP contribution in [0.5, 0.6) is 0 Å². The highest BCUT2D eigenvalue weighted by molar-refractivity contribution is 6.30. The molecule has 0 fully saturated rings. The molecule has 4 rings (SSSR count). The molecule has 0 aliphatic carbocycles. The highest BCUT2D eigenvalue weighted by Crippen LogP contribution is 2.25. The van der Waals surface area contributed by atoms with Crippen LogP contribution in [0.1, 0.15) is 29.1 Å². The molecule has 0 saturated carbocycles. The van der Waals surface area contributed by atoms with Crippen molar-refractivity contribution in [3.8, 4) is 0 Å². The lowest BCUT2D eigenvalue weighted by molar-refractivity contribution is 0.0630. The number of fused-ring (bicyclic) bond motifs is 2. The second-order valence-corrected chi connectivity index (χ2v) is 5.60. The monoisotopic (exact) mass is 317 g/mol. The van der Waals surface area contributed by atoms with Crippen molar-refractivity contribution < 1.29 is 4.79 Å². The van der Waals surface area contributed by atoms with Gasteiger partial charge in [-0.25, -0.2) is 14.2 Å². The van der Waals surface area contributed by atoms with Gasteiger partial charge in [-0.05, 0) is 6.92 Å². The Hall–Kier alpha value is -2.48. The molecule has 1 aliphatic rings. The summed E-state index contributed by atoms with van der Waals surface area (Å²) in [4.78, 5) is 18.7. The van der Waals surface area contributed by atoms with Crippen molar-refractivity contribution in [2.75, 3.05) is 6.54 Å². The Labute approximate surface area is 130 Å². The first kappa shape index (κ1) is 13.2. The maximum atomic E-state index is 12.7. The maximum absolute atomic E-state index is 12.7. The number of amides is 1. The van der Waals surface area contributed by atoms with Crippen LogP contribution in [0.25, 0.3) is 5.65 Å². The Morgan fingerprint density at radius 3 is 3.09 bits per heavy atom. The van der Waals surface area contributed by atoms with E-state index >= 15 is 0 Å². The van der Waals surface area contributed by atoms with Crippen LogP contribution in [-0.2, 0) is 6.54 Å². The molecule has 0 saturated heterocycles. The van der Waals surface area contributed by atoms with Gasteiger partial charge in [0.1, 0.15) is 0 Å². The summed E-state index contributed by atoms with van der Waals surface area (Å²) in [5, 5.41) is 12.6. The van der Waals surface area contributed by atoms with Gasteiger partial charge in [0.15, 0.2) is 11.3 Å². The minimum absolute atomic E-state index is 0.0994. The van der Waals surface area contributed by atoms with E-state index in [1.807, 2.05) is 11.6 Å². The zero-order valence-corrected chi connectivity index (χ0v) is 12.5. The molecule has 9 heteroatoms. The molecule has 0 radical (unpaired) electrons. The first-order valence-electron chi connectivity index (χ1n) is 6.84. The lowest BCUT2D eigenvalue weighted by Crippen LogP contribution is -2.41. The lowest BCUT2D eigenvalue weighted by atomic mass is 10.1. The number of carbonyl (C=O) groups excluding carboxylic acids is 1. The molecule has 1 unspecified atom stereocenters. The molecule has 0 bridgehead atoms. The van der Waals surface area contributed by atoms with E-state index in [4.69, 9.17) is 11.6 Å². The second-order valence-electron chi connectivity index (χ2n) is 5.16. The molecular weight excluding hydrogens is 306 g/mol. The summed E-state index contributed by atoms with van der Waals surface area (Å²) < 4.78 is 3.33. The van der Waals surface area contributed by atoms with E-state index in [0.29, 0.717) is 29.5 Å². The molecule has 0 spiro atoms. The van der Waals surface area contributed by atoms with Crippen LogP contribution in [-0.4, -0.2) is 46.9 Å². The minimum atomic E-state index is -0.137. The average molecular weight is 318 g/mol. The van der Waals surface area contributed by atoms with Crippen molar-refractivity contribution in [2.24, 2.45) is 0 Å². The minimum Gasteiger partial charge on any atom is -0.327 e. The number of carbonyl (C=O) groups is 1. The Kier molecular flexibility index (Phi) is 2.86. The molecule has 3 aromatic heterocycles. The number of halogens is 1. The fraction of sp³-hybridized carbons (Fsp3) is 0.308. The van der Waals surface area contributed by atoms with E-state index < -0.39 is 0 Å². The van der Waals surface area contributed by atoms with Crippen LogP contribution in [0, 0.1) is 0 Å². The molecule has 112 valence electrons. The van der Waals surface area contributed by atoms with Crippen LogP contribution in [0.2, 0.25) is 5.02 Å². The van der Waals surface area contributed by atoms with Gasteiger partial charge in [0.2, 0.25) is 0 Å². The van der Waals surface area contributed by atoms with Crippen LogP contribution in [0.3, 0.4) is 0 Å². The molecule has 1 atom stereocenters. The summed E-state index contributed by atoms with van der Waals surface area (Å²) in [6.45, 7) is 3.15. The van der Waals surface area contributed by atoms with Crippen LogP contribution < -0.4 is 0 Å². The van der Waals surface area contributed by atoms with E-state index in [1.165, 1.54) is 10.7 Å². The molecule has 0 aromatic carbocycles. The molecular formula is C13H12ClN7O. The van der Waals surface area contributed by atoms with Crippen LogP contribution in [0.4, 0.5) is 0 Å². The Morgan fingerprint density at radius 2 is 2.23 bits per heavy atom. The third-order valence-electron chi connectivity index (χ3n) is 3.86. The SMILES string of the molecule is CC1c2cnnn2CCN1C(=O)c1cc2ncc(Cl)cn2n1. The molecule has 8 nitrogen and oxygen atoms in total. The standard InChI is InChI=1S/C13H12ClN7O/c1-8-11-6-16-18-20(11)3-2-19(8)13(22)10-4-12-15-5-9(14)7-21(12)17-10/h4-8H,2-3H2,1H3. The third kappa shape index (κ3) is 1.95. The van der Waals surface area contributed by atoms with Crippen molar-refractivity contribution in [3.05, 3.63) is 41.1 Å². The van der Waals surface area contributed by atoms with E-state index in [2.05, 4.69) is 20.4 Å². The van der Waals surface area contributed by atoms with Gasteiger partial charge in [0.25, 0.3) is 5.91 Å². The quantitative estimate of drug-likeness (QED) is 0.673. The van der Waals surface area contributed by atoms with Crippen LogP contribution >= 0.6 is 11.6 Å². The van der Waals surface area contributed by atoms with E-state index in [-0.39, 0.29) is 11.9 Å². The number of rotatable bonds is 1. The topological polar surface area (TPSA) is 81.2 Å². The molecule has 3 aromatic rings. The first-order chi connectivity index (χ1) is 10.6. The number of hydrogen-bond acceptors (Lipinski definition) is 5. The summed E-state index contributed by atoms with van der Waals surface area (Å²) >= 11 is 5.89. The fourth-order valence-electron chi connectivity index (χ4n) is 2.70. The highest BCUT2D eigenvalue weighted by atomic mass is 35.5. The third-order valence-corrected chi connectivity index (χ3v) is 4.05. The van der Waals surface area contributed by atoms with E-state index in [0.717, 1.165) is 5.69 Å². The van der Waals surface area contributed by atoms with Gasteiger partial charge in [-0.2, -0.15) is 5.10 Å². The van der Waals surface area contributed by atoms with Crippen molar-refractivity contribution in [1.29, 1.82) is 0 Å². The van der Waals surface area contributed by atoms with Gasteiger partial charge in [0.05, 0.1) is 35.7 Å². The van der Waals surface area contributed by atoms with E-state index in [1.54, 1.807) is 23.4 Å². The van der Waals surface area contributed by atoms with Crippen molar-refractivity contribution in [3.63, 3.8) is 0 Å². The van der Waals surface area contributed by atoms with Gasteiger partial charge in [-0.15, -0.1) is 5.10 Å². The summed E-state index contributed by atoms with van der Waals surface area (Å²) in [6.07, 6.45) is 4.84. The largest absolute Gasteiger partial charge is 0.327 e. The number of nitrogens with zero attached hydrogens (tertiary/aromatic N) is 7. The van der Waals surface area contributed by atoms with Crippen LogP contribution in [0.15, 0.2) is 24.7 Å². The Balaban J connectivity index is 1.68. The second kappa shape index (κ2) is 4.77. The summed E-state index contributed by atoms with van der Waals surface area (Å²) in [7, 11) is 0. The summed E-state index contributed by atoms with van der Waals surface area (Å²) in [6, 6.07) is 1.56. The molecule has 1 aliphatic heterocycles. The zero-order valence-electron chi connectivity index (χ0n) is 11.7. The summed E-state index contributed by atoms with van der Waals surface area (Å²) in [5.74, 6) is -0.137. The highest BCUT2D eigenvalue weighted by Gasteiger charge is 2.30. The Morgan fingerprint density at radius 1 is 1.36 bits per heavy atom. The predicted octanol–water partition coefficient (Wildman–Crippen LogP) is 1.19. The molecule has 1 amide bonds. The van der Waals surface area contributed by atoms with Gasteiger partial charge in [-0.3, -0.25) is 4.79 Å². The van der Waals surface area contributed by atoms with Crippen molar-refractivity contribution in [2.45, 2.75) is 19.5 Å². The van der Waals surface area contributed by atoms with Gasteiger partial charge >= 0.3 is 0 Å². The Bertz CT molecular complexity index is 870. The molecule has 0 N–H and O–H groups in total. The van der Waals surface area contributed by atoms with Crippen molar-refractivity contribution >= 4 is 23.2 Å². The molecule has 4 heterocycles. The van der Waals surface area contributed by atoms with E-state index in [9.17, 15) is 4.79 Å². The van der Waals surface area contributed by atoms with Gasteiger partial charge < -0.3 is 4.90 Å². The summed E-state index contributed by atoms with van der Waals surface area (Å²) in [5.41, 5.74) is 1.86. The fourth-order valence-corrected chi connectivity index (χ4v) is 2.84. The zero-order chi connectivity index (χ0) is 15.3. The number of aromatic nitrogens is 6. The normalized spacial score (nSPS) is 17.7. The number of hydrogen-bond donors (Lipinski definition) is 0. The predicted molar refractivity (Wildman–Crippen MR) is 77.5 cm³/mol. The lowest BCUT2D eigenvalue weighted by Gasteiger charge is -2.32. The molecule has 22 heavy (non-hydrogen) atoms. The average Bonchev–Trinajstić information content (AvgIpc) is 3.12. The van der Waals surface area contributed by atoms with Gasteiger partial charge in [-0.1, -0.05) is 16.8 Å².